The summed E-state index contributed by atoms with van der Waals surface area (Å²) in [5.41, 5.74) is 1.52. The molecule has 1 amide bonds. The van der Waals surface area contributed by atoms with Crippen molar-refractivity contribution in [1.82, 2.24) is 24.6 Å². The third-order valence-electron chi connectivity index (χ3n) is 5.70. The SMILES string of the molecule is Cc1nc(N2C[C@@H]3COC[C@H](C2)N(C(=O)c2cnc4ccccc4c2)C3)n(C)n1.O=CO. The minimum atomic E-state index is -0.250. The fourth-order valence-electron chi connectivity index (χ4n) is 4.39. The molecule has 2 bridgehead atoms. The second-order valence-corrected chi connectivity index (χ2v) is 8.02. The van der Waals surface area contributed by atoms with Gasteiger partial charge in [0.15, 0.2) is 0 Å². The number of aryl methyl sites for hydroxylation is 2. The van der Waals surface area contributed by atoms with Crippen molar-refractivity contribution in [1.29, 1.82) is 0 Å². The van der Waals surface area contributed by atoms with Crippen molar-refractivity contribution >= 4 is 29.2 Å². The number of carboxylic acid groups (broad SMARTS) is 1. The molecule has 2 aliphatic rings. The summed E-state index contributed by atoms with van der Waals surface area (Å²) < 4.78 is 7.70. The van der Waals surface area contributed by atoms with Gasteiger partial charge < -0.3 is 19.6 Å². The van der Waals surface area contributed by atoms with Crippen LogP contribution in [0.3, 0.4) is 0 Å². The molecule has 0 spiro atoms. The average molecular weight is 438 g/mol. The Balaban J connectivity index is 0.000000775. The largest absolute Gasteiger partial charge is 0.483 e. The molecule has 0 saturated carbocycles. The van der Waals surface area contributed by atoms with Gasteiger partial charge in [-0.3, -0.25) is 14.6 Å². The lowest BCUT2D eigenvalue weighted by Crippen LogP contribution is -2.47. The van der Waals surface area contributed by atoms with E-state index in [-0.39, 0.29) is 24.3 Å². The summed E-state index contributed by atoms with van der Waals surface area (Å²) in [6.07, 6.45) is 1.68. The van der Waals surface area contributed by atoms with Crippen LogP contribution in [0.2, 0.25) is 0 Å². The van der Waals surface area contributed by atoms with Crippen LogP contribution in [0.4, 0.5) is 5.95 Å². The summed E-state index contributed by atoms with van der Waals surface area (Å²) >= 11 is 0. The molecule has 5 rings (SSSR count). The van der Waals surface area contributed by atoms with Crippen LogP contribution in [0, 0.1) is 12.8 Å². The number of carbonyl (C=O) groups is 2. The lowest BCUT2D eigenvalue weighted by atomic mass is 10.1. The van der Waals surface area contributed by atoms with Crippen LogP contribution >= 0.6 is 0 Å². The summed E-state index contributed by atoms with van der Waals surface area (Å²) in [7, 11) is 1.91. The van der Waals surface area contributed by atoms with E-state index in [2.05, 4.69) is 20.0 Å². The topological polar surface area (TPSA) is 114 Å². The number of benzene rings is 1. The molecule has 4 heterocycles. The molecule has 2 aliphatic heterocycles. The number of hydrogen-bond acceptors (Lipinski definition) is 7. The first-order valence-electron chi connectivity index (χ1n) is 10.4. The van der Waals surface area contributed by atoms with Gasteiger partial charge in [-0.25, -0.2) is 4.68 Å². The van der Waals surface area contributed by atoms with E-state index in [1.54, 1.807) is 6.20 Å². The molecule has 2 aromatic heterocycles. The van der Waals surface area contributed by atoms with Gasteiger partial charge in [-0.05, 0) is 19.1 Å². The second kappa shape index (κ2) is 9.31. The minimum absolute atomic E-state index is 0.0137. The van der Waals surface area contributed by atoms with E-state index in [1.807, 2.05) is 53.9 Å². The van der Waals surface area contributed by atoms with Gasteiger partial charge in [0, 0.05) is 44.2 Å². The van der Waals surface area contributed by atoms with Crippen molar-refractivity contribution in [2.45, 2.75) is 13.0 Å². The van der Waals surface area contributed by atoms with E-state index in [0.717, 1.165) is 29.2 Å². The van der Waals surface area contributed by atoms with Gasteiger partial charge in [-0.15, -0.1) is 0 Å². The fraction of sp³-hybridized carbons (Fsp3) is 0.409. The van der Waals surface area contributed by atoms with Crippen molar-refractivity contribution in [3.63, 3.8) is 0 Å². The predicted molar refractivity (Wildman–Crippen MR) is 118 cm³/mol. The first-order chi connectivity index (χ1) is 15.5. The highest BCUT2D eigenvalue weighted by Gasteiger charge is 2.37. The quantitative estimate of drug-likeness (QED) is 0.597. The van der Waals surface area contributed by atoms with Crippen molar-refractivity contribution in [2.24, 2.45) is 13.0 Å². The smallest absolute Gasteiger partial charge is 0.290 e. The molecule has 32 heavy (non-hydrogen) atoms. The number of para-hydroxylation sites is 1. The van der Waals surface area contributed by atoms with Gasteiger partial charge in [0.1, 0.15) is 5.82 Å². The maximum atomic E-state index is 13.4. The van der Waals surface area contributed by atoms with Gasteiger partial charge in [-0.1, -0.05) is 18.2 Å². The number of nitrogens with zero attached hydrogens (tertiary/aromatic N) is 6. The normalized spacial score (nSPS) is 20.3. The molecular formula is C22H26N6O4. The highest BCUT2D eigenvalue weighted by Crippen LogP contribution is 2.25. The second-order valence-electron chi connectivity index (χ2n) is 8.02. The Morgan fingerprint density at radius 2 is 2.00 bits per heavy atom. The third kappa shape index (κ3) is 4.40. The number of rotatable bonds is 2. The van der Waals surface area contributed by atoms with Crippen LogP contribution in [0.1, 0.15) is 16.2 Å². The van der Waals surface area contributed by atoms with Crippen molar-refractivity contribution in [3.8, 4) is 0 Å². The van der Waals surface area contributed by atoms with E-state index in [4.69, 9.17) is 14.6 Å². The highest BCUT2D eigenvalue weighted by atomic mass is 16.5. The first-order valence-corrected chi connectivity index (χ1v) is 10.4. The Bertz CT molecular complexity index is 1120. The molecule has 1 N–H and O–H groups in total. The number of fused-ring (bicyclic) bond motifs is 4. The molecule has 10 nitrogen and oxygen atoms in total. The van der Waals surface area contributed by atoms with Gasteiger partial charge in [-0.2, -0.15) is 10.1 Å². The van der Waals surface area contributed by atoms with Crippen LogP contribution in [0.25, 0.3) is 10.9 Å². The molecule has 0 radical (unpaired) electrons. The van der Waals surface area contributed by atoms with E-state index in [1.165, 1.54) is 0 Å². The number of anilines is 1. The minimum Gasteiger partial charge on any atom is -0.483 e. The predicted octanol–water partition coefficient (Wildman–Crippen LogP) is 1.35. The maximum Gasteiger partial charge on any atom is 0.290 e. The zero-order valence-electron chi connectivity index (χ0n) is 18.1. The van der Waals surface area contributed by atoms with Crippen LogP contribution in [-0.4, -0.2) is 81.0 Å². The lowest BCUT2D eigenvalue weighted by molar-refractivity contribution is -0.122. The number of aromatic nitrogens is 4. The van der Waals surface area contributed by atoms with Gasteiger partial charge >= 0.3 is 0 Å². The maximum absolute atomic E-state index is 13.4. The Labute approximate surface area is 185 Å². The molecule has 0 unspecified atom stereocenters. The average Bonchev–Trinajstić information content (AvgIpc) is 2.93. The number of hydrogen-bond donors (Lipinski definition) is 1. The summed E-state index contributed by atoms with van der Waals surface area (Å²) in [6.45, 7) is 4.95. The van der Waals surface area contributed by atoms with Crippen molar-refractivity contribution < 1.29 is 19.4 Å². The van der Waals surface area contributed by atoms with Crippen LogP contribution < -0.4 is 4.90 Å². The van der Waals surface area contributed by atoms with Crippen LogP contribution in [-0.2, 0) is 16.6 Å². The fourth-order valence-corrected chi connectivity index (χ4v) is 4.39. The third-order valence-corrected chi connectivity index (χ3v) is 5.70. The molecule has 1 aromatic carbocycles. The molecule has 3 aromatic rings. The Morgan fingerprint density at radius 1 is 1.22 bits per heavy atom. The van der Waals surface area contributed by atoms with E-state index >= 15 is 0 Å². The summed E-state index contributed by atoms with van der Waals surface area (Å²) in [4.78, 5) is 35.1. The Hall–Kier alpha value is -3.53. The zero-order valence-corrected chi connectivity index (χ0v) is 18.1. The van der Waals surface area contributed by atoms with Crippen LogP contribution in [0.5, 0.6) is 0 Å². The van der Waals surface area contributed by atoms with Gasteiger partial charge in [0.05, 0.1) is 30.3 Å². The standard InChI is InChI=1S/C21H24N6O2.CH2O2/c1-14-23-21(25(2)24-14)26-9-15-10-27(18(11-26)13-29-12-15)20(28)17-7-16-5-3-4-6-19(16)22-8-17;2-1-3/h3-8,15,18H,9-13H2,1-2H3;1H,(H,2,3)/t15-,18-;/m0./s1. The van der Waals surface area contributed by atoms with Gasteiger partial charge in [0.25, 0.3) is 12.4 Å². The monoisotopic (exact) mass is 438 g/mol. The van der Waals surface area contributed by atoms with E-state index in [0.29, 0.717) is 31.9 Å². The van der Waals surface area contributed by atoms with Crippen molar-refractivity contribution in [2.75, 3.05) is 37.7 Å². The van der Waals surface area contributed by atoms with E-state index in [9.17, 15) is 4.79 Å². The number of amides is 1. The molecule has 2 fully saturated rings. The first kappa shape index (κ1) is 21.7. The van der Waals surface area contributed by atoms with E-state index < -0.39 is 0 Å². The van der Waals surface area contributed by atoms with Gasteiger partial charge in [0.2, 0.25) is 5.95 Å². The molecule has 2 atom stereocenters. The summed E-state index contributed by atoms with van der Waals surface area (Å²) in [5.74, 6) is 1.83. The van der Waals surface area contributed by atoms with Crippen LogP contribution in [0.15, 0.2) is 36.5 Å². The summed E-state index contributed by atoms with van der Waals surface area (Å²) in [6, 6.07) is 9.75. The van der Waals surface area contributed by atoms with Crippen molar-refractivity contribution in [3.05, 3.63) is 47.9 Å². The Kier molecular flexibility index (Phi) is 6.31. The molecule has 168 valence electrons. The molecule has 10 heteroatoms. The zero-order chi connectivity index (χ0) is 22.7. The molecule has 2 saturated heterocycles. The highest BCUT2D eigenvalue weighted by molar-refractivity contribution is 5.97. The number of ether oxygens (including phenoxy) is 1. The molecular weight excluding hydrogens is 412 g/mol. The number of carbonyl (C=O) groups excluding carboxylic acids is 1. The Morgan fingerprint density at radius 3 is 2.75 bits per heavy atom. The molecule has 0 aliphatic carbocycles. The summed E-state index contributed by atoms with van der Waals surface area (Å²) in [5, 5.41) is 12.2. The lowest BCUT2D eigenvalue weighted by Gasteiger charge is -2.31. The number of pyridine rings is 1.